The Labute approximate surface area is 159 Å². The Bertz CT molecular complexity index is 827. The van der Waals surface area contributed by atoms with Gasteiger partial charge in [0.1, 0.15) is 5.82 Å². The largest absolute Gasteiger partial charge is 0.348 e. The van der Waals surface area contributed by atoms with Gasteiger partial charge in [0.15, 0.2) is 0 Å². The number of piperidine rings is 1. The maximum absolute atomic E-state index is 13.0. The molecule has 7 heteroatoms. The maximum atomic E-state index is 13.0. The second-order valence-corrected chi connectivity index (χ2v) is 8.18. The van der Waals surface area contributed by atoms with Crippen molar-refractivity contribution < 1.29 is 4.79 Å². The average Bonchev–Trinajstić information content (AvgIpc) is 3.25. The van der Waals surface area contributed by atoms with Gasteiger partial charge < -0.3 is 14.5 Å². The Morgan fingerprint density at radius 1 is 1.26 bits per heavy atom. The number of carbonyl (C=O) groups is 1. The number of imidazole rings is 2. The number of likely N-dealkylation sites (tertiary alicyclic amines) is 1. The number of carbonyl (C=O) groups excluding carboxylic acids is 1. The third kappa shape index (κ3) is 2.79. The molecule has 5 rings (SSSR count). The summed E-state index contributed by atoms with van der Waals surface area (Å²) in [6.45, 7) is 6.74. The van der Waals surface area contributed by atoms with Gasteiger partial charge >= 0.3 is 0 Å². The molecule has 1 amide bonds. The van der Waals surface area contributed by atoms with Gasteiger partial charge in [-0.25, -0.2) is 9.97 Å². The van der Waals surface area contributed by atoms with Gasteiger partial charge in [-0.15, -0.1) is 0 Å². The number of H-pyrrole nitrogens is 1. The minimum Gasteiger partial charge on any atom is -0.348 e. The number of rotatable bonds is 4. The van der Waals surface area contributed by atoms with Gasteiger partial charge in [0, 0.05) is 56.6 Å². The van der Waals surface area contributed by atoms with Crippen LogP contribution in [0.25, 0.3) is 0 Å². The van der Waals surface area contributed by atoms with E-state index in [9.17, 15) is 4.79 Å². The van der Waals surface area contributed by atoms with Crippen molar-refractivity contribution in [2.45, 2.75) is 57.7 Å². The summed E-state index contributed by atoms with van der Waals surface area (Å²) in [6.07, 6.45) is 10.7. The summed E-state index contributed by atoms with van der Waals surface area (Å²) in [7, 11) is 0. The zero-order valence-electron chi connectivity index (χ0n) is 16.0. The van der Waals surface area contributed by atoms with Crippen molar-refractivity contribution in [3.8, 4) is 0 Å². The molecule has 0 bridgehead atoms. The van der Waals surface area contributed by atoms with Crippen molar-refractivity contribution in [2.24, 2.45) is 5.92 Å². The number of aryl methyl sites for hydroxylation is 1. The topological polar surface area (TPSA) is 70.1 Å². The van der Waals surface area contributed by atoms with Crippen LogP contribution in [0.5, 0.6) is 0 Å². The second-order valence-electron chi connectivity index (χ2n) is 8.18. The highest BCUT2D eigenvalue weighted by atomic mass is 16.2. The van der Waals surface area contributed by atoms with E-state index in [1.54, 1.807) is 0 Å². The molecule has 0 radical (unpaired) electrons. The van der Waals surface area contributed by atoms with Crippen molar-refractivity contribution in [2.75, 3.05) is 19.6 Å². The lowest BCUT2D eigenvalue weighted by molar-refractivity contribution is -0.143. The highest BCUT2D eigenvalue weighted by Crippen LogP contribution is 2.45. The summed E-state index contributed by atoms with van der Waals surface area (Å²) in [5.41, 5.74) is 2.13. The van der Waals surface area contributed by atoms with E-state index in [0.29, 0.717) is 5.91 Å². The first-order chi connectivity index (χ1) is 13.2. The Balaban J connectivity index is 1.37. The summed E-state index contributed by atoms with van der Waals surface area (Å²) < 4.78 is 2.21. The van der Waals surface area contributed by atoms with Crippen LogP contribution >= 0.6 is 0 Å². The van der Waals surface area contributed by atoms with E-state index in [2.05, 4.69) is 36.2 Å². The lowest BCUT2D eigenvalue weighted by Crippen LogP contribution is -2.58. The molecule has 2 aliphatic heterocycles. The summed E-state index contributed by atoms with van der Waals surface area (Å²) in [5, 5.41) is 0. The van der Waals surface area contributed by atoms with E-state index in [0.717, 1.165) is 76.3 Å². The normalized spacial score (nSPS) is 22.2. The molecular weight excluding hydrogens is 340 g/mol. The molecule has 7 nitrogen and oxygen atoms in total. The lowest BCUT2D eigenvalue weighted by Gasteiger charge is -2.50. The Hall–Kier alpha value is -2.15. The fourth-order valence-electron chi connectivity index (χ4n) is 4.92. The number of nitrogens with one attached hydrogen (secondary N) is 1. The van der Waals surface area contributed by atoms with Crippen LogP contribution in [0.1, 0.15) is 49.8 Å². The summed E-state index contributed by atoms with van der Waals surface area (Å²) in [4.78, 5) is 30.2. The number of aromatic nitrogens is 4. The van der Waals surface area contributed by atoms with Crippen LogP contribution < -0.4 is 0 Å². The third-order valence-corrected chi connectivity index (χ3v) is 6.64. The lowest BCUT2D eigenvalue weighted by atomic mass is 9.78. The number of hydrogen-bond donors (Lipinski definition) is 1. The first-order valence-corrected chi connectivity index (χ1v) is 10.3. The zero-order valence-corrected chi connectivity index (χ0v) is 16.0. The number of amides is 1. The van der Waals surface area contributed by atoms with Crippen LogP contribution in [-0.2, 0) is 29.8 Å². The Morgan fingerprint density at radius 3 is 2.81 bits per heavy atom. The maximum Gasteiger partial charge on any atom is 0.226 e. The van der Waals surface area contributed by atoms with E-state index >= 15 is 0 Å². The van der Waals surface area contributed by atoms with E-state index in [-0.39, 0.29) is 11.5 Å². The Morgan fingerprint density at radius 2 is 2.07 bits per heavy atom. The third-order valence-electron chi connectivity index (χ3n) is 6.64. The van der Waals surface area contributed by atoms with Crippen LogP contribution in [0.3, 0.4) is 0 Å². The molecule has 2 aromatic rings. The van der Waals surface area contributed by atoms with Gasteiger partial charge in [-0.05, 0) is 32.6 Å². The molecular formula is C20H28N6O. The fraction of sp³-hybridized carbons (Fsp3) is 0.650. The molecule has 1 N–H and O–H groups in total. The summed E-state index contributed by atoms with van der Waals surface area (Å²) >= 11 is 0. The molecule has 1 saturated heterocycles. The Kier molecular flexibility index (Phi) is 4.07. The number of aromatic amines is 1. The second kappa shape index (κ2) is 6.48. The van der Waals surface area contributed by atoms with Crippen LogP contribution in [0, 0.1) is 5.92 Å². The summed E-state index contributed by atoms with van der Waals surface area (Å²) in [6, 6.07) is 0. The first kappa shape index (κ1) is 17.0. The van der Waals surface area contributed by atoms with Gasteiger partial charge in [-0.1, -0.05) is 0 Å². The van der Waals surface area contributed by atoms with E-state index in [1.807, 2.05) is 18.7 Å². The predicted octanol–water partition coefficient (Wildman–Crippen LogP) is 1.91. The molecule has 144 valence electrons. The van der Waals surface area contributed by atoms with Crippen LogP contribution in [-0.4, -0.2) is 54.9 Å². The molecule has 0 atom stereocenters. The zero-order chi connectivity index (χ0) is 18.4. The van der Waals surface area contributed by atoms with Crippen molar-refractivity contribution in [1.82, 2.24) is 29.3 Å². The van der Waals surface area contributed by atoms with E-state index < -0.39 is 0 Å². The molecule has 2 aromatic heterocycles. The molecule has 3 aliphatic rings. The van der Waals surface area contributed by atoms with Crippen molar-refractivity contribution in [3.05, 3.63) is 35.9 Å². The van der Waals surface area contributed by atoms with Crippen LogP contribution in [0.2, 0.25) is 0 Å². The number of nitrogens with zero attached hydrogens (tertiary/aromatic N) is 5. The number of hydrogen-bond acceptors (Lipinski definition) is 4. The van der Waals surface area contributed by atoms with Gasteiger partial charge in [0.25, 0.3) is 0 Å². The van der Waals surface area contributed by atoms with E-state index in [4.69, 9.17) is 0 Å². The first-order valence-electron chi connectivity index (χ1n) is 10.3. The van der Waals surface area contributed by atoms with Crippen LogP contribution in [0.4, 0.5) is 0 Å². The average molecular weight is 368 g/mol. The van der Waals surface area contributed by atoms with Gasteiger partial charge in [-0.2, -0.15) is 0 Å². The highest BCUT2D eigenvalue weighted by molar-refractivity contribution is 5.82. The fourth-order valence-corrected chi connectivity index (χ4v) is 4.92. The number of fused-ring (bicyclic) bond motifs is 2. The molecule has 27 heavy (non-hydrogen) atoms. The minimum absolute atomic E-state index is 0.218. The van der Waals surface area contributed by atoms with E-state index in [1.165, 1.54) is 5.69 Å². The smallest absolute Gasteiger partial charge is 0.226 e. The van der Waals surface area contributed by atoms with Gasteiger partial charge in [-0.3, -0.25) is 9.69 Å². The predicted molar refractivity (Wildman–Crippen MR) is 101 cm³/mol. The van der Waals surface area contributed by atoms with Crippen molar-refractivity contribution in [1.29, 1.82) is 0 Å². The molecule has 1 saturated carbocycles. The van der Waals surface area contributed by atoms with Gasteiger partial charge in [0.2, 0.25) is 5.91 Å². The standard InChI is InChI=1S/C20H28N6O/c1-2-25-12-8-21-17(25)13-24-10-6-20(7-11-24)18-16(22-14-23-18)5-9-26(20)19(27)15-3-4-15/h8,12,14-15H,2-7,9-11,13H2,1H3,(H,22,23). The van der Waals surface area contributed by atoms with Gasteiger partial charge in [0.05, 0.1) is 24.1 Å². The molecule has 2 fully saturated rings. The van der Waals surface area contributed by atoms with Crippen molar-refractivity contribution >= 4 is 5.91 Å². The minimum atomic E-state index is -0.218. The molecule has 0 aromatic carbocycles. The SMILES string of the molecule is CCn1ccnc1CN1CCC2(CC1)c1nc[nH]c1CCN2C(=O)C1CC1. The molecule has 1 spiro atoms. The summed E-state index contributed by atoms with van der Waals surface area (Å²) in [5.74, 6) is 1.75. The molecule has 1 aliphatic carbocycles. The monoisotopic (exact) mass is 368 g/mol. The molecule has 4 heterocycles. The quantitative estimate of drug-likeness (QED) is 0.895. The highest BCUT2D eigenvalue weighted by Gasteiger charge is 2.50. The molecule has 0 unspecified atom stereocenters. The van der Waals surface area contributed by atoms with Crippen LogP contribution in [0.15, 0.2) is 18.7 Å². The van der Waals surface area contributed by atoms with Crippen molar-refractivity contribution in [3.63, 3.8) is 0 Å².